The van der Waals surface area contributed by atoms with Gasteiger partial charge in [-0.2, -0.15) is 0 Å². The largest absolute Gasteiger partial charge is 0.507 e. The van der Waals surface area contributed by atoms with E-state index < -0.39 is 6.10 Å². The second-order valence-electron chi connectivity index (χ2n) is 11.8. The molecule has 3 aromatic rings. The van der Waals surface area contributed by atoms with Crippen molar-refractivity contribution in [1.82, 2.24) is 5.32 Å². The summed E-state index contributed by atoms with van der Waals surface area (Å²) in [6.45, 7) is 9.17. The van der Waals surface area contributed by atoms with Crippen LogP contribution in [0.25, 0.3) is 11.1 Å². The first-order valence-electron chi connectivity index (χ1n) is 16.3. The molecule has 1 atom stereocenters. The summed E-state index contributed by atoms with van der Waals surface area (Å²) >= 11 is 0. The van der Waals surface area contributed by atoms with E-state index >= 15 is 0 Å². The van der Waals surface area contributed by atoms with E-state index in [-0.39, 0.29) is 36.0 Å². The minimum Gasteiger partial charge on any atom is -0.507 e. The quantitative estimate of drug-likeness (QED) is 0.130. The first-order chi connectivity index (χ1) is 22.2. The summed E-state index contributed by atoms with van der Waals surface area (Å²) in [5.74, 6) is 1.25. The highest BCUT2D eigenvalue weighted by Gasteiger charge is 2.29. The fraction of sp³-hybridized carbons (Fsp3) is 0.459. The van der Waals surface area contributed by atoms with E-state index in [1.807, 2.05) is 25.1 Å². The summed E-state index contributed by atoms with van der Waals surface area (Å²) < 4.78 is 37.1. The first kappa shape index (κ1) is 34.6. The van der Waals surface area contributed by atoms with Gasteiger partial charge in [-0.25, -0.2) is 4.39 Å². The molecule has 9 heteroatoms. The summed E-state index contributed by atoms with van der Waals surface area (Å²) in [4.78, 5) is 24.5. The summed E-state index contributed by atoms with van der Waals surface area (Å²) in [5.41, 5.74) is 4.35. The van der Waals surface area contributed by atoms with Gasteiger partial charge < -0.3 is 29.4 Å². The third-order valence-electron chi connectivity index (χ3n) is 7.88. The second-order valence-corrected chi connectivity index (χ2v) is 11.8. The van der Waals surface area contributed by atoms with Crippen molar-refractivity contribution < 1.29 is 38.0 Å². The predicted octanol–water partition coefficient (Wildman–Crippen LogP) is 6.96. The molecule has 2 N–H and O–H groups in total. The topological polar surface area (TPSA) is 103 Å². The number of phenolic OH excluding ortho intramolecular Hbond substituents is 1. The minimum absolute atomic E-state index is 0.0763. The molecular weight excluding hydrogens is 589 g/mol. The lowest BCUT2D eigenvalue weighted by Gasteiger charge is -2.28. The lowest BCUT2D eigenvalue weighted by atomic mass is 9.96. The molecule has 46 heavy (non-hydrogen) atoms. The molecule has 3 aromatic carbocycles. The fourth-order valence-electron chi connectivity index (χ4n) is 5.34. The molecule has 1 aliphatic rings. The van der Waals surface area contributed by atoms with Crippen LogP contribution in [0.3, 0.4) is 0 Å². The number of amides is 1. The number of hydrogen-bond acceptors (Lipinski definition) is 7. The van der Waals surface area contributed by atoms with Crippen LogP contribution in [0.15, 0.2) is 48.5 Å². The van der Waals surface area contributed by atoms with Gasteiger partial charge in [0.15, 0.2) is 6.10 Å². The Morgan fingerprint density at radius 3 is 2.43 bits per heavy atom. The molecular formula is C37H46FNO7. The number of carbonyl (C=O) groups is 2. The number of nitrogens with one attached hydrogen (secondary N) is 1. The number of hydrogen-bond donors (Lipinski definition) is 2. The third kappa shape index (κ3) is 9.14. The number of fused-ring (bicyclic) bond motifs is 1. The number of halogens is 1. The average Bonchev–Trinajstić information content (AvgIpc) is 3.05. The number of benzene rings is 3. The molecule has 1 unspecified atom stereocenters. The molecule has 1 aliphatic heterocycles. The van der Waals surface area contributed by atoms with Gasteiger partial charge in [0.1, 0.15) is 28.8 Å². The van der Waals surface area contributed by atoms with Gasteiger partial charge in [-0.1, -0.05) is 52.3 Å². The van der Waals surface area contributed by atoms with E-state index in [4.69, 9.17) is 18.9 Å². The number of rotatable bonds is 16. The Morgan fingerprint density at radius 1 is 1.00 bits per heavy atom. The molecule has 0 aliphatic carbocycles. The van der Waals surface area contributed by atoms with Crippen LogP contribution in [0.5, 0.6) is 23.0 Å². The Kier molecular flexibility index (Phi) is 12.7. The molecule has 0 bridgehead atoms. The van der Waals surface area contributed by atoms with E-state index in [0.29, 0.717) is 56.8 Å². The molecule has 0 saturated heterocycles. The molecule has 1 heterocycles. The van der Waals surface area contributed by atoms with E-state index in [9.17, 15) is 19.1 Å². The lowest BCUT2D eigenvalue weighted by molar-refractivity contribution is -0.147. The molecule has 0 fully saturated rings. The van der Waals surface area contributed by atoms with Gasteiger partial charge in [-0.3, -0.25) is 9.59 Å². The van der Waals surface area contributed by atoms with Crippen molar-refractivity contribution >= 4 is 11.9 Å². The number of aromatic hydroxyl groups is 1. The summed E-state index contributed by atoms with van der Waals surface area (Å²) in [7, 11) is 0. The van der Waals surface area contributed by atoms with Crippen molar-refractivity contribution in [3.63, 3.8) is 0 Å². The maximum absolute atomic E-state index is 13.4. The van der Waals surface area contributed by atoms with Gasteiger partial charge in [-0.05, 0) is 73.1 Å². The van der Waals surface area contributed by atoms with Gasteiger partial charge in [0, 0.05) is 30.2 Å². The van der Waals surface area contributed by atoms with Crippen LogP contribution in [0.2, 0.25) is 0 Å². The van der Waals surface area contributed by atoms with Crippen LogP contribution in [0, 0.1) is 11.7 Å². The van der Waals surface area contributed by atoms with Crippen molar-refractivity contribution in [3.05, 3.63) is 71.0 Å². The molecule has 0 aromatic heterocycles. The third-order valence-corrected chi connectivity index (χ3v) is 7.88. The number of ether oxygens (including phenoxy) is 4. The average molecular weight is 636 g/mol. The number of carbonyl (C=O) groups excluding carboxylic acids is 2. The standard InChI is InChI=1S/C37H46FNO7/c1-5-9-29-32(16-12-27-13-17-33(46-35(27)29)36(41)39-18-7-19-45-37(42)24(3)4)43-20-8-21-44-34-23-31(40)30(22-25(34)6-2)26-10-14-28(38)15-11-26/h10-12,14-16,22-24,33,40H,5-9,13,17-21H2,1-4H3,(H,39,41). The first-order valence-corrected chi connectivity index (χ1v) is 16.3. The molecule has 0 spiro atoms. The van der Waals surface area contributed by atoms with Crippen molar-refractivity contribution in [2.75, 3.05) is 26.4 Å². The highest BCUT2D eigenvalue weighted by atomic mass is 19.1. The number of phenols is 1. The maximum atomic E-state index is 13.4. The maximum Gasteiger partial charge on any atom is 0.308 e. The van der Waals surface area contributed by atoms with E-state index in [1.54, 1.807) is 32.0 Å². The lowest BCUT2D eigenvalue weighted by Crippen LogP contribution is -2.41. The zero-order valence-electron chi connectivity index (χ0n) is 27.3. The molecule has 8 nitrogen and oxygen atoms in total. The van der Waals surface area contributed by atoms with Crippen LogP contribution in [0.4, 0.5) is 4.39 Å². The van der Waals surface area contributed by atoms with Gasteiger partial charge in [0.2, 0.25) is 0 Å². The van der Waals surface area contributed by atoms with Crippen molar-refractivity contribution in [1.29, 1.82) is 0 Å². The number of aryl methyl sites for hydroxylation is 2. The summed E-state index contributed by atoms with van der Waals surface area (Å²) in [6.07, 6.45) is 4.24. The van der Waals surface area contributed by atoms with Gasteiger partial charge in [0.05, 0.1) is 25.7 Å². The smallest absolute Gasteiger partial charge is 0.308 e. The minimum atomic E-state index is -0.594. The Hall–Kier alpha value is -4.27. The van der Waals surface area contributed by atoms with Gasteiger partial charge in [0.25, 0.3) is 5.91 Å². The summed E-state index contributed by atoms with van der Waals surface area (Å²) in [5, 5.41) is 13.6. The second kappa shape index (κ2) is 16.9. The molecule has 0 radical (unpaired) electrons. The molecule has 1 amide bonds. The van der Waals surface area contributed by atoms with E-state index in [0.717, 1.165) is 53.0 Å². The Labute approximate surface area is 271 Å². The van der Waals surface area contributed by atoms with Gasteiger partial charge >= 0.3 is 5.97 Å². The predicted molar refractivity (Wildman–Crippen MR) is 175 cm³/mol. The fourth-order valence-corrected chi connectivity index (χ4v) is 5.34. The SMILES string of the molecule is CCCc1c(OCCCOc2cc(O)c(-c3ccc(F)cc3)cc2CC)ccc2c1OC(C(=O)NCCCOC(=O)C(C)C)CC2. The van der Waals surface area contributed by atoms with Crippen LogP contribution in [-0.2, 0) is 33.6 Å². The zero-order chi connectivity index (χ0) is 33.1. The van der Waals surface area contributed by atoms with Crippen molar-refractivity contribution in [2.24, 2.45) is 5.92 Å². The zero-order valence-corrected chi connectivity index (χ0v) is 27.3. The van der Waals surface area contributed by atoms with Crippen molar-refractivity contribution in [2.45, 2.75) is 78.7 Å². The van der Waals surface area contributed by atoms with Crippen LogP contribution >= 0.6 is 0 Å². The Bertz CT molecular complexity index is 1470. The monoisotopic (exact) mass is 635 g/mol. The Balaban J connectivity index is 1.30. The highest BCUT2D eigenvalue weighted by molar-refractivity contribution is 5.81. The van der Waals surface area contributed by atoms with Crippen LogP contribution < -0.4 is 19.5 Å². The molecule has 0 saturated carbocycles. The van der Waals surface area contributed by atoms with E-state index in [2.05, 4.69) is 12.2 Å². The molecule has 248 valence electrons. The van der Waals surface area contributed by atoms with Gasteiger partial charge in [-0.15, -0.1) is 0 Å². The summed E-state index contributed by atoms with van der Waals surface area (Å²) in [6, 6.07) is 13.5. The Morgan fingerprint density at radius 2 is 1.74 bits per heavy atom. The van der Waals surface area contributed by atoms with Crippen LogP contribution in [-0.4, -0.2) is 49.5 Å². The molecule has 4 rings (SSSR count). The van der Waals surface area contributed by atoms with Crippen molar-refractivity contribution in [3.8, 4) is 34.1 Å². The normalized spacial score (nSPS) is 13.9. The highest BCUT2D eigenvalue weighted by Crippen LogP contribution is 2.39. The van der Waals surface area contributed by atoms with Crippen LogP contribution in [0.1, 0.15) is 70.1 Å². The number of esters is 1. The van der Waals surface area contributed by atoms with E-state index in [1.165, 1.54) is 12.1 Å².